The lowest BCUT2D eigenvalue weighted by Gasteiger charge is -2.30. The van der Waals surface area contributed by atoms with Crippen molar-refractivity contribution < 1.29 is 23.9 Å². The number of hydrogen-bond acceptors (Lipinski definition) is 9. The van der Waals surface area contributed by atoms with E-state index in [1.54, 1.807) is 18.2 Å². The number of aromatic nitrogens is 4. The smallest absolute Gasteiger partial charge is 0.338 e. The van der Waals surface area contributed by atoms with Gasteiger partial charge < -0.3 is 35.8 Å². The molecule has 2 heterocycles. The number of halogens is 2. The van der Waals surface area contributed by atoms with Gasteiger partial charge in [-0.2, -0.15) is 0 Å². The molecule has 0 spiro atoms. The topological polar surface area (TPSA) is 183 Å². The van der Waals surface area contributed by atoms with Crippen molar-refractivity contribution in [3.8, 4) is 22.3 Å². The minimum Gasteiger partial charge on any atom is -0.465 e. The molecule has 1 amide bonds. The summed E-state index contributed by atoms with van der Waals surface area (Å²) in [6, 6.07) is 44.1. The van der Waals surface area contributed by atoms with Crippen LogP contribution in [0.25, 0.3) is 33.0 Å². The summed E-state index contributed by atoms with van der Waals surface area (Å²) in [6.07, 6.45) is 5.53. The van der Waals surface area contributed by atoms with Crippen LogP contribution >= 0.6 is 23.2 Å². The van der Waals surface area contributed by atoms with Crippen molar-refractivity contribution in [1.29, 1.82) is 0 Å². The van der Waals surface area contributed by atoms with E-state index in [2.05, 4.69) is 35.5 Å². The van der Waals surface area contributed by atoms with Crippen LogP contribution in [-0.2, 0) is 52.3 Å². The summed E-state index contributed by atoms with van der Waals surface area (Å²) in [6.45, 7) is 5.63. The second-order valence-corrected chi connectivity index (χ2v) is 17.9. The molecule has 0 fully saturated rings. The van der Waals surface area contributed by atoms with E-state index in [1.165, 1.54) is 14.2 Å². The fraction of sp³-hybridized carbons (Fsp3) is 0.246. The Morgan fingerprint density at radius 1 is 0.606 bits per heavy atom. The standard InChI is InChI=1S/C34H33ClN4O3.C23H26ClN3O2/c1-3-4-16-29-38-31(35)30(34(37,33(36)41)28-15-9-11-23-10-5-6-13-26(23)28)39(29)21-22-17-19-24(20-18-22)25-12-7-8-14-27(25)32(40)42-2;1-3-4-9-21-26-22(24)20(14-25)27(21)15-16-10-12-17(13-11-16)18-7-5-6-8-19(18)23(28)29-2/h5-15,17-20H,3-4,16,21,37H2,1-2H3,(H2,36,41);5-8,10-13H,3-4,9,14-15,25H2,1-2H3. The van der Waals surface area contributed by atoms with Crippen LogP contribution in [0.1, 0.15) is 100.0 Å². The number of rotatable bonds is 18. The zero-order valence-corrected chi connectivity index (χ0v) is 42.0. The van der Waals surface area contributed by atoms with Crippen molar-refractivity contribution in [2.24, 2.45) is 17.2 Å². The highest BCUT2D eigenvalue weighted by atomic mass is 35.5. The van der Waals surface area contributed by atoms with E-state index in [-0.39, 0.29) is 11.1 Å². The normalized spacial score (nSPS) is 11.9. The fourth-order valence-corrected chi connectivity index (χ4v) is 9.51. The first kappa shape index (κ1) is 51.8. The van der Waals surface area contributed by atoms with Crippen molar-refractivity contribution >= 4 is 51.8 Å². The molecule has 0 bridgehead atoms. The van der Waals surface area contributed by atoms with Gasteiger partial charge in [-0.05, 0) is 74.7 Å². The van der Waals surface area contributed by atoms with Crippen LogP contribution < -0.4 is 17.2 Å². The Hall–Kier alpha value is -7.09. The molecule has 0 radical (unpaired) electrons. The summed E-state index contributed by atoms with van der Waals surface area (Å²) in [5.74, 6) is 0.238. The van der Waals surface area contributed by atoms with Gasteiger partial charge in [0.25, 0.3) is 0 Å². The average Bonchev–Trinajstić information content (AvgIpc) is 3.88. The van der Waals surface area contributed by atoms with E-state index < -0.39 is 17.4 Å². The molecule has 0 aliphatic rings. The molecule has 1 atom stereocenters. The number of fused-ring (bicyclic) bond motifs is 1. The maximum absolute atomic E-state index is 13.3. The van der Waals surface area contributed by atoms with Crippen LogP contribution in [0.15, 0.2) is 140 Å². The lowest BCUT2D eigenvalue weighted by molar-refractivity contribution is -0.122. The third kappa shape index (κ3) is 11.3. The number of amides is 1. The summed E-state index contributed by atoms with van der Waals surface area (Å²) in [4.78, 5) is 46.9. The van der Waals surface area contributed by atoms with Gasteiger partial charge >= 0.3 is 11.9 Å². The molecule has 6 N–H and O–H groups in total. The van der Waals surface area contributed by atoms with E-state index >= 15 is 0 Å². The number of methoxy groups -OCH3 is 2. The number of aryl methyl sites for hydroxylation is 2. The number of unbranched alkanes of at least 4 members (excludes halogenated alkanes) is 2. The average molecular weight is 993 g/mol. The van der Waals surface area contributed by atoms with E-state index in [4.69, 9.17) is 54.9 Å². The van der Waals surface area contributed by atoms with Gasteiger partial charge in [-0.25, -0.2) is 19.6 Å². The summed E-state index contributed by atoms with van der Waals surface area (Å²) in [5.41, 5.74) is 25.7. The highest BCUT2D eigenvalue weighted by molar-refractivity contribution is 6.31. The number of nitrogens with zero attached hydrogens (tertiary/aromatic N) is 4. The summed E-state index contributed by atoms with van der Waals surface area (Å²) < 4.78 is 13.9. The number of benzene rings is 6. The zero-order chi connectivity index (χ0) is 50.7. The summed E-state index contributed by atoms with van der Waals surface area (Å²) in [5, 5.41) is 2.39. The molecule has 1 unspecified atom stereocenters. The Bertz CT molecular complexity index is 3140. The van der Waals surface area contributed by atoms with Gasteiger partial charge in [0, 0.05) is 32.5 Å². The maximum Gasteiger partial charge on any atom is 0.338 e. The molecule has 71 heavy (non-hydrogen) atoms. The lowest BCUT2D eigenvalue weighted by Crippen LogP contribution is -2.51. The highest BCUT2D eigenvalue weighted by Gasteiger charge is 2.43. The minimum atomic E-state index is -1.74. The minimum absolute atomic E-state index is 0.152. The first-order valence-electron chi connectivity index (χ1n) is 23.7. The predicted molar refractivity (Wildman–Crippen MR) is 282 cm³/mol. The molecule has 2 aromatic heterocycles. The number of hydrogen-bond donors (Lipinski definition) is 3. The van der Waals surface area contributed by atoms with Gasteiger partial charge in [0.15, 0.2) is 15.8 Å². The first-order chi connectivity index (χ1) is 34.4. The highest BCUT2D eigenvalue weighted by Crippen LogP contribution is 2.38. The molecule has 0 saturated carbocycles. The molecular formula is C57H59Cl2N7O5. The SMILES string of the molecule is CCCCc1nc(Cl)c(C(N)(C(N)=O)c2cccc3ccccc23)n1Cc1ccc(-c2ccccc2C(=O)OC)cc1.CCCCc1nc(Cl)c(CN)n1Cc1ccc(-c2ccccc2C(=O)OC)cc1. The van der Waals surface area contributed by atoms with Gasteiger partial charge in [0.05, 0.1) is 36.7 Å². The molecule has 12 nitrogen and oxygen atoms in total. The zero-order valence-electron chi connectivity index (χ0n) is 40.5. The third-order valence-electron chi connectivity index (χ3n) is 12.7. The number of nitrogens with two attached hydrogens (primary N) is 3. The number of imidazole rings is 2. The molecule has 8 aromatic rings. The summed E-state index contributed by atoms with van der Waals surface area (Å²) >= 11 is 13.1. The van der Waals surface area contributed by atoms with E-state index in [9.17, 15) is 14.4 Å². The van der Waals surface area contributed by atoms with Gasteiger partial charge in [-0.1, -0.05) is 177 Å². The van der Waals surface area contributed by atoms with Gasteiger partial charge in [-0.15, -0.1) is 0 Å². The first-order valence-corrected chi connectivity index (χ1v) is 24.4. The van der Waals surface area contributed by atoms with Crippen molar-refractivity contribution in [2.75, 3.05) is 14.2 Å². The molecule has 14 heteroatoms. The van der Waals surface area contributed by atoms with Gasteiger partial charge in [0.1, 0.15) is 11.6 Å². The molecule has 0 aliphatic carbocycles. The van der Waals surface area contributed by atoms with Crippen LogP contribution in [-0.4, -0.2) is 51.2 Å². The lowest BCUT2D eigenvalue weighted by atomic mass is 9.83. The number of primary amides is 1. The summed E-state index contributed by atoms with van der Waals surface area (Å²) in [7, 11) is 2.76. The van der Waals surface area contributed by atoms with Crippen LogP contribution in [0, 0.1) is 0 Å². The molecule has 366 valence electrons. The fourth-order valence-electron chi connectivity index (χ4n) is 8.89. The van der Waals surface area contributed by atoms with Crippen LogP contribution in [0.2, 0.25) is 10.3 Å². The molecule has 6 aromatic carbocycles. The second-order valence-electron chi connectivity index (χ2n) is 17.2. The molecule has 0 aliphatic heterocycles. The molecule has 8 rings (SSSR count). The van der Waals surface area contributed by atoms with E-state index in [0.717, 1.165) is 93.6 Å². The van der Waals surface area contributed by atoms with Crippen LogP contribution in [0.3, 0.4) is 0 Å². The number of carbonyl (C=O) groups is 3. The van der Waals surface area contributed by atoms with Crippen LogP contribution in [0.5, 0.6) is 0 Å². The molecular weight excluding hydrogens is 934 g/mol. The number of carbonyl (C=O) groups excluding carboxylic acids is 3. The van der Waals surface area contributed by atoms with E-state index in [1.807, 2.05) is 114 Å². The van der Waals surface area contributed by atoms with Crippen molar-refractivity contribution in [1.82, 2.24) is 19.1 Å². The maximum atomic E-state index is 13.3. The third-order valence-corrected chi connectivity index (χ3v) is 13.2. The quantitative estimate of drug-likeness (QED) is 0.0704. The predicted octanol–water partition coefficient (Wildman–Crippen LogP) is 11.1. The Labute approximate surface area is 424 Å². The molecule has 0 saturated heterocycles. The van der Waals surface area contributed by atoms with E-state index in [0.29, 0.717) is 53.6 Å². The largest absolute Gasteiger partial charge is 0.465 e. The Morgan fingerprint density at radius 3 is 1.58 bits per heavy atom. The monoisotopic (exact) mass is 991 g/mol. The van der Waals surface area contributed by atoms with Crippen LogP contribution in [0.4, 0.5) is 0 Å². The van der Waals surface area contributed by atoms with Gasteiger partial charge in [-0.3, -0.25) is 4.79 Å². The number of ether oxygens (including phenoxy) is 2. The second kappa shape index (κ2) is 23.7. The Balaban J connectivity index is 0.000000224. The van der Waals surface area contributed by atoms with Crippen molar-refractivity contribution in [3.05, 3.63) is 201 Å². The Morgan fingerprint density at radius 2 is 1.07 bits per heavy atom. The van der Waals surface area contributed by atoms with Crippen molar-refractivity contribution in [2.45, 2.75) is 77.5 Å². The van der Waals surface area contributed by atoms with Crippen molar-refractivity contribution in [3.63, 3.8) is 0 Å². The van der Waals surface area contributed by atoms with Gasteiger partial charge in [0.2, 0.25) is 5.91 Å². The number of esters is 2. The Kier molecular flexibility index (Phi) is 17.3.